The lowest BCUT2D eigenvalue weighted by Crippen LogP contribution is -2.34. The van der Waals surface area contributed by atoms with Gasteiger partial charge in [-0.2, -0.15) is 5.10 Å². The smallest absolute Gasteiger partial charge is 0.263 e. The highest BCUT2D eigenvalue weighted by Crippen LogP contribution is 2.33. The first-order valence-electron chi connectivity index (χ1n) is 9.15. The number of nitrogens with zero attached hydrogens (tertiary/aromatic N) is 3. The zero-order valence-electron chi connectivity index (χ0n) is 15.3. The van der Waals surface area contributed by atoms with Crippen molar-refractivity contribution in [3.63, 3.8) is 0 Å². The number of hydrogen-bond donors (Lipinski definition) is 1. The van der Waals surface area contributed by atoms with Crippen LogP contribution in [0.1, 0.15) is 41.8 Å². The van der Waals surface area contributed by atoms with Crippen LogP contribution in [0.3, 0.4) is 0 Å². The Morgan fingerprint density at radius 3 is 2.96 bits per heavy atom. The Hall–Kier alpha value is -2.51. The van der Waals surface area contributed by atoms with Gasteiger partial charge in [0.1, 0.15) is 10.9 Å². The Labute approximate surface area is 170 Å². The summed E-state index contributed by atoms with van der Waals surface area (Å²) in [6.07, 6.45) is 7.07. The molecule has 2 aromatic heterocycles. The number of carbonyl (C=O) groups is 1. The first-order valence-corrected chi connectivity index (χ1v) is 10.3. The summed E-state index contributed by atoms with van der Waals surface area (Å²) >= 11 is 7.66. The molecule has 1 atom stereocenters. The van der Waals surface area contributed by atoms with Gasteiger partial charge in [0.15, 0.2) is 0 Å². The summed E-state index contributed by atoms with van der Waals surface area (Å²) in [6, 6.07) is 6.46. The second-order valence-corrected chi connectivity index (χ2v) is 8.27. The van der Waals surface area contributed by atoms with Gasteiger partial charge in [0.2, 0.25) is 0 Å². The molecular weight excluding hydrogens is 396 g/mol. The number of hydrogen-bond acceptors (Lipinski definition) is 5. The van der Waals surface area contributed by atoms with Gasteiger partial charge in [0.25, 0.3) is 11.5 Å². The normalized spacial score (nSPS) is 14.9. The molecule has 0 fully saturated rings. The molecule has 3 aromatic rings. The van der Waals surface area contributed by atoms with Crippen molar-refractivity contribution in [2.45, 2.75) is 38.6 Å². The Kier molecular flexibility index (Phi) is 5.28. The second-order valence-electron chi connectivity index (χ2n) is 6.78. The Morgan fingerprint density at radius 1 is 1.36 bits per heavy atom. The molecule has 1 N–H and O–H groups in total. The summed E-state index contributed by atoms with van der Waals surface area (Å²) in [5.74, 6) is -0.393. The topological polar surface area (TPSA) is 76.3 Å². The molecule has 0 bridgehead atoms. The molecule has 0 saturated carbocycles. The summed E-state index contributed by atoms with van der Waals surface area (Å²) in [6.45, 7) is 1.66. The summed E-state index contributed by atoms with van der Waals surface area (Å²) in [7, 11) is 0. The highest BCUT2D eigenvalue weighted by Gasteiger charge is 2.23. The molecule has 28 heavy (non-hydrogen) atoms. The third kappa shape index (κ3) is 3.47. The van der Waals surface area contributed by atoms with E-state index >= 15 is 0 Å². The fourth-order valence-corrected chi connectivity index (χ4v) is 4.80. The van der Waals surface area contributed by atoms with Crippen molar-refractivity contribution in [3.05, 3.63) is 62.0 Å². The highest BCUT2D eigenvalue weighted by molar-refractivity contribution is 7.18. The number of aromatic nitrogens is 2. The van der Waals surface area contributed by atoms with E-state index in [1.807, 2.05) is 12.1 Å². The minimum absolute atomic E-state index is 0.165. The van der Waals surface area contributed by atoms with Crippen molar-refractivity contribution in [2.24, 2.45) is 5.10 Å². The van der Waals surface area contributed by atoms with Crippen LogP contribution in [0.15, 0.2) is 40.5 Å². The Bertz CT molecular complexity index is 1130. The number of halogens is 1. The van der Waals surface area contributed by atoms with Gasteiger partial charge in [-0.3, -0.25) is 14.2 Å². The maximum absolute atomic E-state index is 13.0. The van der Waals surface area contributed by atoms with E-state index < -0.39 is 11.9 Å². The number of nitrogens with one attached hydrogen (secondary N) is 1. The third-order valence-corrected chi connectivity index (χ3v) is 6.52. The lowest BCUT2D eigenvalue weighted by molar-refractivity contribution is -0.123. The van der Waals surface area contributed by atoms with Gasteiger partial charge in [-0.1, -0.05) is 29.8 Å². The number of thiophene rings is 1. The number of carbonyl (C=O) groups excluding carboxylic acids is 1. The number of hydrazone groups is 1. The van der Waals surface area contributed by atoms with Crippen LogP contribution in [0, 0.1) is 0 Å². The van der Waals surface area contributed by atoms with Crippen LogP contribution in [-0.4, -0.2) is 21.7 Å². The molecule has 2 heterocycles. The maximum atomic E-state index is 13.0. The lowest BCUT2D eigenvalue weighted by Gasteiger charge is -2.14. The van der Waals surface area contributed by atoms with Crippen LogP contribution in [-0.2, 0) is 17.6 Å². The van der Waals surface area contributed by atoms with Crippen LogP contribution in [0.25, 0.3) is 10.2 Å². The van der Waals surface area contributed by atoms with Crippen LogP contribution >= 0.6 is 22.9 Å². The number of fused-ring (bicyclic) bond motifs is 3. The SMILES string of the molecule is C[C@H](C(=O)NN=Cc1ccccc1Cl)n1cnc2sc3c(c2c1=O)CCCC3. The van der Waals surface area contributed by atoms with Gasteiger partial charge in [-0.25, -0.2) is 10.4 Å². The predicted molar refractivity (Wildman–Crippen MR) is 112 cm³/mol. The number of rotatable bonds is 4. The summed E-state index contributed by atoms with van der Waals surface area (Å²) < 4.78 is 1.38. The predicted octanol–water partition coefficient (Wildman–Crippen LogP) is 3.70. The lowest BCUT2D eigenvalue weighted by atomic mass is 9.97. The molecule has 1 aliphatic rings. The second kappa shape index (κ2) is 7.85. The van der Waals surface area contributed by atoms with E-state index in [2.05, 4.69) is 15.5 Å². The molecule has 8 heteroatoms. The van der Waals surface area contributed by atoms with Crippen molar-refractivity contribution in [1.29, 1.82) is 0 Å². The van der Waals surface area contributed by atoms with E-state index in [1.165, 1.54) is 22.0 Å². The molecule has 1 aromatic carbocycles. The zero-order chi connectivity index (χ0) is 19.7. The molecule has 1 amide bonds. The minimum Gasteiger partial charge on any atom is -0.286 e. The third-order valence-electron chi connectivity index (χ3n) is 4.98. The van der Waals surface area contributed by atoms with Crippen molar-refractivity contribution in [3.8, 4) is 0 Å². The van der Waals surface area contributed by atoms with Crippen LogP contribution in [0.2, 0.25) is 5.02 Å². The maximum Gasteiger partial charge on any atom is 0.263 e. The molecule has 4 rings (SSSR count). The standard InChI is InChI=1S/C20H19ClN4O2S/c1-12(18(26)24-23-10-13-6-2-4-8-15(13)21)25-11-22-19-17(20(25)27)14-7-3-5-9-16(14)28-19/h2,4,6,8,10-12H,3,5,7,9H2,1H3,(H,24,26)/t12-/m1/s1. The van der Waals surface area contributed by atoms with E-state index in [4.69, 9.17) is 11.6 Å². The molecule has 0 spiro atoms. The molecule has 1 aliphatic carbocycles. The van der Waals surface area contributed by atoms with Gasteiger partial charge < -0.3 is 0 Å². The monoisotopic (exact) mass is 414 g/mol. The van der Waals surface area contributed by atoms with Crippen molar-refractivity contribution in [1.82, 2.24) is 15.0 Å². The van der Waals surface area contributed by atoms with Crippen molar-refractivity contribution < 1.29 is 4.79 Å². The van der Waals surface area contributed by atoms with Gasteiger partial charge in [0.05, 0.1) is 17.9 Å². The van der Waals surface area contributed by atoms with E-state index in [9.17, 15) is 9.59 Å². The minimum atomic E-state index is -0.730. The van der Waals surface area contributed by atoms with Gasteiger partial charge in [0, 0.05) is 15.5 Å². The molecule has 0 aliphatic heterocycles. The van der Waals surface area contributed by atoms with Crippen molar-refractivity contribution in [2.75, 3.05) is 0 Å². The number of aryl methyl sites for hydroxylation is 2. The Balaban J connectivity index is 1.57. The fourth-order valence-electron chi connectivity index (χ4n) is 3.40. The van der Waals surface area contributed by atoms with Gasteiger partial charge >= 0.3 is 0 Å². The average molecular weight is 415 g/mol. The zero-order valence-corrected chi connectivity index (χ0v) is 16.9. The fraction of sp³-hybridized carbons (Fsp3) is 0.300. The van der Waals surface area contributed by atoms with Crippen LogP contribution < -0.4 is 11.0 Å². The van der Waals surface area contributed by atoms with Crippen molar-refractivity contribution >= 4 is 45.3 Å². The number of amides is 1. The highest BCUT2D eigenvalue weighted by atomic mass is 35.5. The average Bonchev–Trinajstić information content (AvgIpc) is 3.08. The first kappa shape index (κ1) is 18.8. The van der Waals surface area contributed by atoms with E-state index in [0.29, 0.717) is 16.0 Å². The largest absolute Gasteiger partial charge is 0.286 e. The molecule has 0 radical (unpaired) electrons. The van der Waals surface area contributed by atoms with E-state index in [-0.39, 0.29) is 5.56 Å². The summed E-state index contributed by atoms with van der Waals surface area (Å²) in [5, 5.41) is 5.17. The molecule has 0 saturated heterocycles. The molecule has 144 valence electrons. The van der Waals surface area contributed by atoms with Gasteiger partial charge in [-0.05, 0) is 44.2 Å². The molecular formula is C20H19ClN4O2S. The number of benzene rings is 1. The van der Waals surface area contributed by atoms with Crippen LogP contribution in [0.4, 0.5) is 0 Å². The summed E-state index contributed by atoms with van der Waals surface area (Å²) in [4.78, 5) is 32.0. The van der Waals surface area contributed by atoms with E-state index in [0.717, 1.165) is 36.1 Å². The quantitative estimate of drug-likeness (QED) is 0.522. The van der Waals surface area contributed by atoms with Gasteiger partial charge in [-0.15, -0.1) is 11.3 Å². The van der Waals surface area contributed by atoms with E-state index in [1.54, 1.807) is 30.4 Å². The van der Waals surface area contributed by atoms with Crippen LogP contribution in [0.5, 0.6) is 0 Å². The Morgan fingerprint density at radius 2 is 2.14 bits per heavy atom. The molecule has 0 unspecified atom stereocenters. The molecule has 6 nitrogen and oxygen atoms in total. The first-order chi connectivity index (χ1) is 13.6. The summed E-state index contributed by atoms with van der Waals surface area (Å²) in [5.41, 5.74) is 4.12.